The van der Waals surface area contributed by atoms with Gasteiger partial charge < -0.3 is 10.1 Å². The third kappa shape index (κ3) is 4.76. The topological polar surface area (TPSA) is 56.2 Å². The van der Waals surface area contributed by atoms with E-state index in [1.807, 2.05) is 42.0 Å². The maximum absolute atomic E-state index is 12.0. The molecule has 0 fully saturated rings. The van der Waals surface area contributed by atoms with Crippen molar-refractivity contribution in [2.45, 2.75) is 32.0 Å². The van der Waals surface area contributed by atoms with Crippen molar-refractivity contribution in [1.29, 1.82) is 0 Å². The molecule has 0 saturated heterocycles. The minimum atomic E-state index is 0.0244. The van der Waals surface area contributed by atoms with Gasteiger partial charge in [0.1, 0.15) is 5.75 Å². The zero-order chi connectivity index (χ0) is 16.8. The van der Waals surface area contributed by atoms with E-state index in [1.165, 1.54) is 11.8 Å². The molecule has 1 heterocycles. The Hall–Kier alpha value is -1.95. The molecule has 0 aliphatic heterocycles. The highest BCUT2D eigenvalue weighted by Crippen LogP contribution is 2.23. The molecular formula is C17H23N3O2S. The molecule has 2 rings (SSSR count). The van der Waals surface area contributed by atoms with Gasteiger partial charge in [0, 0.05) is 24.5 Å². The molecule has 0 aliphatic rings. The molecule has 0 spiro atoms. The van der Waals surface area contributed by atoms with Gasteiger partial charge in [-0.25, -0.2) is 4.98 Å². The Labute approximate surface area is 141 Å². The van der Waals surface area contributed by atoms with Gasteiger partial charge in [0.25, 0.3) is 0 Å². The number of rotatable bonds is 7. The monoisotopic (exact) mass is 333 g/mol. The van der Waals surface area contributed by atoms with Crippen molar-refractivity contribution < 1.29 is 9.53 Å². The highest BCUT2D eigenvalue weighted by Gasteiger charge is 2.13. The molecule has 23 heavy (non-hydrogen) atoms. The normalized spacial score (nSPS) is 12.2. The number of ether oxygens (including phenoxy) is 1. The summed E-state index contributed by atoms with van der Waals surface area (Å²) in [6.45, 7) is 6.20. The number of carbonyl (C=O) groups is 1. The van der Waals surface area contributed by atoms with Crippen LogP contribution in [-0.4, -0.2) is 34.4 Å². The molecule has 6 heteroatoms. The number of benzene rings is 1. The van der Waals surface area contributed by atoms with Crippen molar-refractivity contribution >= 4 is 17.7 Å². The molecule has 0 bridgehead atoms. The summed E-state index contributed by atoms with van der Waals surface area (Å²) in [5, 5.41) is 3.79. The maximum atomic E-state index is 12.0. The van der Waals surface area contributed by atoms with E-state index in [4.69, 9.17) is 4.74 Å². The van der Waals surface area contributed by atoms with Gasteiger partial charge in [0.05, 0.1) is 18.6 Å². The fourth-order valence-corrected chi connectivity index (χ4v) is 2.73. The van der Waals surface area contributed by atoms with Gasteiger partial charge in [-0.2, -0.15) is 0 Å². The number of imidazole rings is 1. The predicted molar refractivity (Wildman–Crippen MR) is 93.3 cm³/mol. The van der Waals surface area contributed by atoms with E-state index in [0.29, 0.717) is 11.7 Å². The van der Waals surface area contributed by atoms with Gasteiger partial charge in [0.15, 0.2) is 5.16 Å². The molecule has 1 unspecified atom stereocenters. The molecule has 2 aromatic rings. The molecule has 124 valence electrons. The van der Waals surface area contributed by atoms with Crippen LogP contribution in [0.3, 0.4) is 0 Å². The molecule has 0 aliphatic carbocycles. The largest absolute Gasteiger partial charge is 0.497 e. The standard InChI is InChI=1S/C17H23N3O2S/c1-12(2)13(3)19-16(21)11-23-17-18-8-9-20(17)14-6-5-7-15(10-14)22-4/h5-10,12-13H,11H2,1-4H3,(H,19,21). The SMILES string of the molecule is COc1cccc(-n2ccnc2SCC(=O)NC(C)C(C)C)c1. The number of amides is 1. The minimum absolute atomic E-state index is 0.0244. The number of hydrogen-bond acceptors (Lipinski definition) is 4. The van der Waals surface area contributed by atoms with Gasteiger partial charge in [-0.3, -0.25) is 9.36 Å². The summed E-state index contributed by atoms with van der Waals surface area (Å²) in [5.74, 6) is 1.58. The zero-order valence-corrected chi connectivity index (χ0v) is 14.8. The third-order valence-electron chi connectivity index (χ3n) is 3.66. The number of hydrogen-bond donors (Lipinski definition) is 1. The van der Waals surface area contributed by atoms with E-state index in [2.05, 4.69) is 24.1 Å². The van der Waals surface area contributed by atoms with Gasteiger partial charge in [-0.1, -0.05) is 31.7 Å². The molecule has 1 aromatic carbocycles. The van der Waals surface area contributed by atoms with Crippen LogP contribution in [0.2, 0.25) is 0 Å². The molecule has 0 saturated carbocycles. The fraction of sp³-hybridized carbons (Fsp3) is 0.412. The second kappa shape index (κ2) is 8.06. The fourth-order valence-electron chi connectivity index (χ4n) is 1.95. The van der Waals surface area contributed by atoms with Crippen LogP contribution in [0, 0.1) is 5.92 Å². The molecule has 0 radical (unpaired) electrons. The van der Waals surface area contributed by atoms with Gasteiger partial charge in [0.2, 0.25) is 5.91 Å². The number of carbonyl (C=O) groups excluding carboxylic acids is 1. The first kappa shape index (κ1) is 17.4. The van der Waals surface area contributed by atoms with Crippen molar-refractivity contribution in [3.63, 3.8) is 0 Å². The summed E-state index contributed by atoms with van der Waals surface area (Å²) in [4.78, 5) is 16.4. The van der Waals surface area contributed by atoms with Crippen molar-refractivity contribution in [1.82, 2.24) is 14.9 Å². The lowest BCUT2D eigenvalue weighted by Crippen LogP contribution is -2.37. The first-order chi connectivity index (χ1) is 11.0. The van der Waals surface area contributed by atoms with Crippen molar-refractivity contribution in [2.75, 3.05) is 12.9 Å². The Bertz CT molecular complexity index is 655. The zero-order valence-electron chi connectivity index (χ0n) is 13.9. The van der Waals surface area contributed by atoms with E-state index in [-0.39, 0.29) is 11.9 Å². The van der Waals surface area contributed by atoms with Crippen LogP contribution in [0.5, 0.6) is 5.75 Å². The van der Waals surface area contributed by atoms with Crippen LogP contribution in [0.15, 0.2) is 41.8 Å². The van der Waals surface area contributed by atoms with Crippen molar-refractivity contribution in [3.8, 4) is 11.4 Å². The molecule has 1 atom stereocenters. The molecule has 1 N–H and O–H groups in total. The van der Waals surface area contributed by atoms with Crippen molar-refractivity contribution in [2.24, 2.45) is 5.92 Å². The average Bonchev–Trinajstić information content (AvgIpc) is 3.01. The first-order valence-electron chi connectivity index (χ1n) is 7.61. The van der Waals surface area contributed by atoms with Gasteiger partial charge in [-0.05, 0) is 25.0 Å². The van der Waals surface area contributed by atoms with Crippen LogP contribution in [0.4, 0.5) is 0 Å². The van der Waals surface area contributed by atoms with E-state index < -0.39 is 0 Å². The van der Waals surface area contributed by atoms with Gasteiger partial charge in [-0.15, -0.1) is 0 Å². The van der Waals surface area contributed by atoms with Crippen LogP contribution >= 0.6 is 11.8 Å². The Morgan fingerprint density at radius 1 is 1.39 bits per heavy atom. The summed E-state index contributed by atoms with van der Waals surface area (Å²) in [6, 6.07) is 7.91. The Morgan fingerprint density at radius 2 is 2.17 bits per heavy atom. The smallest absolute Gasteiger partial charge is 0.230 e. The maximum Gasteiger partial charge on any atom is 0.230 e. The first-order valence-corrected chi connectivity index (χ1v) is 8.59. The molecule has 1 amide bonds. The van der Waals surface area contributed by atoms with Crippen LogP contribution in [0.1, 0.15) is 20.8 Å². The highest BCUT2D eigenvalue weighted by molar-refractivity contribution is 7.99. The van der Waals surface area contributed by atoms with E-state index in [0.717, 1.165) is 16.6 Å². The number of nitrogens with one attached hydrogen (secondary N) is 1. The molecule has 5 nitrogen and oxygen atoms in total. The third-order valence-corrected chi connectivity index (χ3v) is 4.63. The summed E-state index contributed by atoms with van der Waals surface area (Å²) in [6.07, 6.45) is 3.61. The van der Waals surface area contributed by atoms with Crippen LogP contribution in [0.25, 0.3) is 5.69 Å². The van der Waals surface area contributed by atoms with E-state index >= 15 is 0 Å². The van der Waals surface area contributed by atoms with Gasteiger partial charge >= 0.3 is 0 Å². The van der Waals surface area contributed by atoms with E-state index in [9.17, 15) is 4.79 Å². The number of methoxy groups -OCH3 is 1. The number of thioether (sulfide) groups is 1. The number of nitrogens with zero attached hydrogens (tertiary/aromatic N) is 2. The summed E-state index contributed by atoms with van der Waals surface area (Å²) < 4.78 is 7.20. The average molecular weight is 333 g/mol. The van der Waals surface area contributed by atoms with E-state index in [1.54, 1.807) is 13.3 Å². The highest BCUT2D eigenvalue weighted by atomic mass is 32.2. The molecular weight excluding hydrogens is 310 g/mol. The summed E-state index contributed by atoms with van der Waals surface area (Å²) >= 11 is 1.42. The Balaban J connectivity index is 2.02. The second-order valence-corrected chi connectivity index (χ2v) is 6.61. The predicted octanol–water partition coefficient (Wildman–Crippen LogP) is 3.13. The summed E-state index contributed by atoms with van der Waals surface area (Å²) in [5.41, 5.74) is 0.959. The lowest BCUT2D eigenvalue weighted by Gasteiger charge is -2.17. The Morgan fingerprint density at radius 3 is 2.87 bits per heavy atom. The van der Waals surface area contributed by atoms with Crippen LogP contribution < -0.4 is 10.1 Å². The lowest BCUT2D eigenvalue weighted by atomic mass is 10.1. The quantitative estimate of drug-likeness (QED) is 0.791. The second-order valence-electron chi connectivity index (χ2n) is 5.67. The van der Waals surface area contributed by atoms with Crippen LogP contribution in [-0.2, 0) is 4.79 Å². The van der Waals surface area contributed by atoms with Crippen molar-refractivity contribution in [3.05, 3.63) is 36.7 Å². The Kier molecular flexibility index (Phi) is 6.10. The lowest BCUT2D eigenvalue weighted by molar-refractivity contribution is -0.119. The molecule has 1 aromatic heterocycles. The minimum Gasteiger partial charge on any atom is -0.497 e. The summed E-state index contributed by atoms with van der Waals surface area (Å²) in [7, 11) is 1.64. The number of aromatic nitrogens is 2.